The number of ether oxygens (including phenoxy) is 2. The molecule has 0 bridgehead atoms. The van der Waals surface area contributed by atoms with Crippen molar-refractivity contribution in [3.8, 4) is 0 Å². The van der Waals surface area contributed by atoms with Crippen LogP contribution in [0.15, 0.2) is 29.2 Å². The molecule has 0 aliphatic carbocycles. The van der Waals surface area contributed by atoms with Gasteiger partial charge in [-0.15, -0.1) is 11.8 Å². The van der Waals surface area contributed by atoms with Crippen LogP contribution in [0.5, 0.6) is 0 Å². The fraction of sp³-hybridized carbons (Fsp3) is 0.500. The number of esters is 1. The zero-order chi connectivity index (χ0) is 18.9. The molecule has 0 radical (unpaired) electrons. The van der Waals surface area contributed by atoms with Crippen LogP contribution in [0.4, 0.5) is 4.79 Å². The normalized spacial score (nSPS) is 16.3. The van der Waals surface area contributed by atoms with Gasteiger partial charge in [-0.3, -0.25) is 10.1 Å². The molecule has 1 aromatic carbocycles. The molecular formula is C18H24N2O5S. The largest absolute Gasteiger partial charge is 0.452 e. The summed E-state index contributed by atoms with van der Waals surface area (Å²) in [7, 11) is 0. The summed E-state index contributed by atoms with van der Waals surface area (Å²) in [6.45, 7) is 3.81. The zero-order valence-electron chi connectivity index (χ0n) is 14.9. The molecule has 3 amide bonds. The number of carbonyl (C=O) groups is 3. The molecule has 1 heterocycles. The van der Waals surface area contributed by atoms with E-state index in [1.54, 1.807) is 26.0 Å². The van der Waals surface area contributed by atoms with Crippen molar-refractivity contribution in [3.63, 3.8) is 0 Å². The Morgan fingerprint density at radius 1 is 1.31 bits per heavy atom. The van der Waals surface area contributed by atoms with Crippen molar-refractivity contribution < 1.29 is 23.9 Å². The number of thioether (sulfide) groups is 1. The van der Waals surface area contributed by atoms with Crippen LogP contribution in [0, 0.1) is 0 Å². The van der Waals surface area contributed by atoms with Gasteiger partial charge in [-0.25, -0.2) is 9.59 Å². The van der Waals surface area contributed by atoms with Crippen LogP contribution >= 0.6 is 11.8 Å². The highest BCUT2D eigenvalue weighted by Crippen LogP contribution is 2.27. The van der Waals surface area contributed by atoms with Gasteiger partial charge in [-0.2, -0.15) is 0 Å². The molecule has 0 aromatic heterocycles. The number of urea groups is 1. The lowest BCUT2D eigenvalue weighted by molar-refractivity contribution is -0.123. The van der Waals surface area contributed by atoms with Crippen LogP contribution in [0.1, 0.15) is 37.0 Å². The van der Waals surface area contributed by atoms with Crippen LogP contribution in [0.25, 0.3) is 0 Å². The van der Waals surface area contributed by atoms with Gasteiger partial charge in [-0.05, 0) is 38.8 Å². The Hall–Kier alpha value is -2.06. The standard InChI is InChI=1S/C18H24N2O5S/c1-12(2)19-18(23)20-16(21)10-25-17(22)14-7-3-4-8-15(14)26-11-13-6-5-9-24-13/h3-4,7-8,12-13H,5-6,9-11H2,1-2H3,(H2,19,20,21,23)/t13-/m1/s1. The quantitative estimate of drug-likeness (QED) is 0.557. The topological polar surface area (TPSA) is 93.7 Å². The fourth-order valence-electron chi connectivity index (χ4n) is 2.39. The third kappa shape index (κ3) is 6.68. The minimum atomic E-state index is -0.680. The number of nitrogens with one attached hydrogen (secondary N) is 2. The van der Waals surface area contributed by atoms with Gasteiger partial charge in [0.1, 0.15) is 0 Å². The number of carbonyl (C=O) groups excluding carboxylic acids is 3. The van der Waals surface area contributed by atoms with Crippen molar-refractivity contribution in [2.75, 3.05) is 19.0 Å². The summed E-state index contributed by atoms with van der Waals surface area (Å²) in [6.07, 6.45) is 2.29. The van der Waals surface area contributed by atoms with E-state index >= 15 is 0 Å². The monoisotopic (exact) mass is 380 g/mol. The lowest BCUT2D eigenvalue weighted by atomic mass is 10.2. The average Bonchev–Trinajstić information content (AvgIpc) is 3.11. The Morgan fingerprint density at radius 3 is 2.77 bits per heavy atom. The first-order valence-electron chi connectivity index (χ1n) is 8.56. The van der Waals surface area contributed by atoms with Gasteiger partial charge in [0.2, 0.25) is 0 Å². The zero-order valence-corrected chi connectivity index (χ0v) is 15.8. The average molecular weight is 380 g/mol. The van der Waals surface area contributed by atoms with E-state index in [0.717, 1.165) is 30.1 Å². The van der Waals surface area contributed by atoms with E-state index in [4.69, 9.17) is 9.47 Å². The molecule has 1 aliphatic rings. The Bertz CT molecular complexity index is 644. The van der Waals surface area contributed by atoms with Gasteiger partial charge in [0.25, 0.3) is 5.91 Å². The fourth-order valence-corrected chi connectivity index (χ4v) is 3.50. The molecule has 0 unspecified atom stereocenters. The third-order valence-corrected chi connectivity index (χ3v) is 4.77. The molecule has 0 saturated carbocycles. The molecule has 1 aromatic rings. The Kier molecular flexibility index (Phi) is 7.93. The second-order valence-corrected chi connectivity index (χ2v) is 7.26. The van der Waals surface area contributed by atoms with Gasteiger partial charge in [0.15, 0.2) is 6.61 Å². The van der Waals surface area contributed by atoms with E-state index in [1.807, 2.05) is 12.1 Å². The molecule has 1 aliphatic heterocycles. The van der Waals surface area contributed by atoms with Crippen molar-refractivity contribution in [3.05, 3.63) is 29.8 Å². The molecule has 8 heteroatoms. The molecule has 2 rings (SSSR count). The summed E-state index contributed by atoms with van der Waals surface area (Å²) in [4.78, 5) is 36.2. The smallest absolute Gasteiger partial charge is 0.339 e. The Labute approximate surface area is 157 Å². The van der Waals surface area contributed by atoms with Crippen molar-refractivity contribution in [2.45, 2.75) is 43.7 Å². The van der Waals surface area contributed by atoms with Crippen molar-refractivity contribution in [2.24, 2.45) is 0 Å². The van der Waals surface area contributed by atoms with Crippen molar-refractivity contribution in [1.82, 2.24) is 10.6 Å². The Morgan fingerprint density at radius 2 is 2.08 bits per heavy atom. The highest BCUT2D eigenvalue weighted by molar-refractivity contribution is 7.99. The summed E-state index contributed by atoms with van der Waals surface area (Å²) in [5.41, 5.74) is 0.398. The molecule has 1 fully saturated rings. The van der Waals surface area contributed by atoms with Gasteiger partial charge >= 0.3 is 12.0 Å². The van der Waals surface area contributed by atoms with E-state index in [0.29, 0.717) is 5.56 Å². The maximum atomic E-state index is 12.3. The minimum Gasteiger partial charge on any atom is -0.452 e. The summed E-state index contributed by atoms with van der Waals surface area (Å²) in [5, 5.41) is 4.63. The second-order valence-electron chi connectivity index (χ2n) is 6.19. The summed E-state index contributed by atoms with van der Waals surface area (Å²) < 4.78 is 10.6. The Balaban J connectivity index is 1.84. The van der Waals surface area contributed by atoms with Gasteiger partial charge < -0.3 is 14.8 Å². The molecule has 142 valence electrons. The van der Waals surface area contributed by atoms with Crippen LogP contribution in [0.3, 0.4) is 0 Å². The van der Waals surface area contributed by atoms with E-state index in [1.165, 1.54) is 11.8 Å². The molecular weight excluding hydrogens is 356 g/mol. The summed E-state index contributed by atoms with van der Waals surface area (Å²) in [5.74, 6) is -0.513. The summed E-state index contributed by atoms with van der Waals surface area (Å²) in [6, 6.07) is 6.36. The minimum absolute atomic E-state index is 0.0990. The number of imide groups is 1. The number of benzene rings is 1. The predicted octanol–water partition coefficient (Wildman–Crippen LogP) is 2.35. The van der Waals surface area contributed by atoms with Crippen LogP contribution < -0.4 is 10.6 Å². The maximum absolute atomic E-state index is 12.3. The van der Waals surface area contributed by atoms with Crippen molar-refractivity contribution in [1.29, 1.82) is 0 Å². The van der Waals surface area contributed by atoms with Gasteiger partial charge in [0, 0.05) is 23.3 Å². The predicted molar refractivity (Wildman–Crippen MR) is 98.2 cm³/mol. The number of hydrogen-bond donors (Lipinski definition) is 2. The second kappa shape index (κ2) is 10.2. The molecule has 0 spiro atoms. The lowest BCUT2D eigenvalue weighted by Crippen LogP contribution is -2.44. The first-order chi connectivity index (χ1) is 12.5. The maximum Gasteiger partial charge on any atom is 0.339 e. The first-order valence-corrected chi connectivity index (χ1v) is 9.55. The summed E-state index contributed by atoms with van der Waals surface area (Å²) >= 11 is 1.53. The lowest BCUT2D eigenvalue weighted by Gasteiger charge is -2.12. The van der Waals surface area contributed by atoms with E-state index in [2.05, 4.69) is 10.6 Å². The van der Waals surface area contributed by atoms with E-state index in [9.17, 15) is 14.4 Å². The SMILES string of the molecule is CC(C)NC(=O)NC(=O)COC(=O)c1ccccc1SC[C@H]1CCCO1. The molecule has 26 heavy (non-hydrogen) atoms. The van der Waals surface area contributed by atoms with Crippen LogP contribution in [-0.2, 0) is 14.3 Å². The highest BCUT2D eigenvalue weighted by Gasteiger charge is 2.19. The van der Waals surface area contributed by atoms with Crippen molar-refractivity contribution >= 4 is 29.7 Å². The van der Waals surface area contributed by atoms with E-state index in [-0.39, 0.29) is 12.1 Å². The van der Waals surface area contributed by atoms with E-state index < -0.39 is 24.5 Å². The van der Waals surface area contributed by atoms with Crippen LogP contribution in [0.2, 0.25) is 0 Å². The number of rotatable bonds is 7. The number of amides is 3. The first kappa shape index (κ1) is 20.3. The molecule has 1 saturated heterocycles. The molecule has 1 atom stereocenters. The molecule has 7 nitrogen and oxygen atoms in total. The third-order valence-electron chi connectivity index (χ3n) is 3.56. The number of hydrogen-bond acceptors (Lipinski definition) is 6. The van der Waals surface area contributed by atoms with Crippen LogP contribution in [-0.4, -0.2) is 49.0 Å². The van der Waals surface area contributed by atoms with Gasteiger partial charge in [0.05, 0.1) is 11.7 Å². The molecule has 2 N–H and O–H groups in total. The highest BCUT2D eigenvalue weighted by atomic mass is 32.2. The van der Waals surface area contributed by atoms with Gasteiger partial charge in [-0.1, -0.05) is 12.1 Å².